The molecule has 2 aromatic rings. The van der Waals surface area contributed by atoms with Crippen LogP contribution in [0.2, 0.25) is 0 Å². The van der Waals surface area contributed by atoms with Gasteiger partial charge in [-0.1, -0.05) is 6.07 Å². The fraction of sp³-hybridized carbons (Fsp3) is 0.350. The van der Waals surface area contributed by atoms with E-state index in [0.29, 0.717) is 24.5 Å². The Morgan fingerprint density at radius 1 is 1.19 bits per heavy atom. The van der Waals surface area contributed by atoms with Gasteiger partial charge in [-0.05, 0) is 54.3 Å². The standard InChI is InChI=1S/C20H23FN2O3S/c1-25-17-5-3-13(11-18(17)26-2)7-9-22-20(24)23-16-8-10-27-19-6-4-14(21)12-15(16)19/h3-6,11-12,16H,7-10H2,1-2H3,(H2,22,23,24). The minimum absolute atomic E-state index is 0.168. The lowest BCUT2D eigenvalue weighted by atomic mass is 10.0. The van der Waals surface area contributed by atoms with Gasteiger partial charge in [0.25, 0.3) is 0 Å². The average Bonchev–Trinajstić information content (AvgIpc) is 2.68. The number of thioether (sulfide) groups is 1. The van der Waals surface area contributed by atoms with Crippen molar-refractivity contribution in [3.05, 3.63) is 53.3 Å². The molecule has 1 heterocycles. The van der Waals surface area contributed by atoms with Gasteiger partial charge in [0.05, 0.1) is 20.3 Å². The van der Waals surface area contributed by atoms with Crippen LogP contribution in [0.5, 0.6) is 11.5 Å². The summed E-state index contributed by atoms with van der Waals surface area (Å²) in [5, 5.41) is 5.82. The van der Waals surface area contributed by atoms with Gasteiger partial charge in [0.1, 0.15) is 5.82 Å². The van der Waals surface area contributed by atoms with Gasteiger partial charge >= 0.3 is 6.03 Å². The van der Waals surface area contributed by atoms with E-state index in [1.54, 1.807) is 32.0 Å². The summed E-state index contributed by atoms with van der Waals surface area (Å²) in [5.74, 6) is 1.96. The highest BCUT2D eigenvalue weighted by Crippen LogP contribution is 2.36. The van der Waals surface area contributed by atoms with Crippen molar-refractivity contribution in [1.29, 1.82) is 0 Å². The van der Waals surface area contributed by atoms with Gasteiger partial charge in [-0.2, -0.15) is 0 Å². The van der Waals surface area contributed by atoms with Gasteiger partial charge in [0, 0.05) is 17.2 Å². The number of carbonyl (C=O) groups excluding carboxylic acids is 1. The lowest BCUT2D eigenvalue weighted by molar-refractivity contribution is 0.236. The smallest absolute Gasteiger partial charge is 0.315 e. The predicted octanol–water partition coefficient (Wildman–Crippen LogP) is 3.92. The molecule has 144 valence electrons. The van der Waals surface area contributed by atoms with Crippen LogP contribution in [-0.4, -0.2) is 32.5 Å². The Morgan fingerprint density at radius 3 is 2.78 bits per heavy atom. The van der Waals surface area contributed by atoms with E-state index < -0.39 is 0 Å². The highest BCUT2D eigenvalue weighted by molar-refractivity contribution is 7.99. The molecule has 5 nitrogen and oxygen atoms in total. The van der Waals surface area contributed by atoms with E-state index in [1.807, 2.05) is 18.2 Å². The molecule has 1 aliphatic rings. The molecule has 2 N–H and O–H groups in total. The summed E-state index contributed by atoms with van der Waals surface area (Å²) in [7, 11) is 3.19. The molecule has 0 aliphatic carbocycles. The number of nitrogens with one attached hydrogen (secondary N) is 2. The van der Waals surface area contributed by atoms with Gasteiger partial charge in [-0.25, -0.2) is 9.18 Å². The van der Waals surface area contributed by atoms with Crippen LogP contribution in [0.1, 0.15) is 23.6 Å². The van der Waals surface area contributed by atoms with Crippen LogP contribution in [0.4, 0.5) is 9.18 Å². The number of hydrogen-bond acceptors (Lipinski definition) is 4. The van der Waals surface area contributed by atoms with Crippen molar-refractivity contribution in [2.75, 3.05) is 26.5 Å². The van der Waals surface area contributed by atoms with Crippen LogP contribution in [0.3, 0.4) is 0 Å². The maximum atomic E-state index is 13.6. The predicted molar refractivity (Wildman–Crippen MR) is 104 cm³/mol. The van der Waals surface area contributed by atoms with E-state index in [0.717, 1.165) is 28.2 Å². The second-order valence-electron chi connectivity index (χ2n) is 6.21. The van der Waals surface area contributed by atoms with Gasteiger partial charge < -0.3 is 20.1 Å². The molecule has 1 unspecified atom stereocenters. The molecule has 0 aromatic heterocycles. The number of halogens is 1. The lowest BCUT2D eigenvalue weighted by Gasteiger charge is -2.26. The first-order valence-electron chi connectivity index (χ1n) is 8.78. The second-order valence-corrected chi connectivity index (χ2v) is 7.35. The number of amides is 2. The van der Waals surface area contributed by atoms with Crippen molar-refractivity contribution in [1.82, 2.24) is 10.6 Å². The Morgan fingerprint density at radius 2 is 2.00 bits per heavy atom. The van der Waals surface area contributed by atoms with Crippen molar-refractivity contribution in [2.45, 2.75) is 23.8 Å². The largest absolute Gasteiger partial charge is 0.493 e. The third-order valence-corrected chi connectivity index (χ3v) is 5.59. The zero-order valence-electron chi connectivity index (χ0n) is 15.4. The van der Waals surface area contributed by atoms with E-state index in [1.165, 1.54) is 12.1 Å². The quantitative estimate of drug-likeness (QED) is 0.785. The Bertz CT molecular complexity index is 816. The summed E-state index contributed by atoms with van der Waals surface area (Å²) in [6.45, 7) is 0.485. The lowest BCUT2D eigenvalue weighted by Crippen LogP contribution is -2.39. The second kappa shape index (κ2) is 8.99. The number of carbonyl (C=O) groups is 1. The topological polar surface area (TPSA) is 59.6 Å². The minimum atomic E-state index is -0.281. The number of ether oxygens (including phenoxy) is 2. The van der Waals surface area contributed by atoms with Crippen LogP contribution in [-0.2, 0) is 6.42 Å². The summed E-state index contributed by atoms with van der Waals surface area (Å²) in [6.07, 6.45) is 1.45. The monoisotopic (exact) mass is 390 g/mol. The molecule has 2 amide bonds. The van der Waals surface area contributed by atoms with E-state index in [9.17, 15) is 9.18 Å². The summed E-state index contributed by atoms with van der Waals surface area (Å²) >= 11 is 1.69. The molecule has 0 fully saturated rings. The molecule has 0 spiro atoms. The molecule has 7 heteroatoms. The van der Waals surface area contributed by atoms with Gasteiger partial charge in [0.2, 0.25) is 0 Å². The number of rotatable bonds is 6. The Labute approximate surface area is 162 Å². The molecule has 3 rings (SSSR count). The van der Waals surface area contributed by atoms with Crippen molar-refractivity contribution in [2.24, 2.45) is 0 Å². The van der Waals surface area contributed by atoms with Crippen LogP contribution >= 0.6 is 11.8 Å². The van der Waals surface area contributed by atoms with Crippen LogP contribution in [0, 0.1) is 5.82 Å². The molecular formula is C20H23FN2O3S. The highest BCUT2D eigenvalue weighted by Gasteiger charge is 2.22. The van der Waals surface area contributed by atoms with E-state index in [-0.39, 0.29) is 17.9 Å². The van der Waals surface area contributed by atoms with Crippen molar-refractivity contribution < 1.29 is 18.7 Å². The van der Waals surface area contributed by atoms with Gasteiger partial charge in [-0.3, -0.25) is 0 Å². The Kier molecular flexibility index (Phi) is 6.45. The SMILES string of the molecule is COc1ccc(CCNC(=O)NC2CCSc3ccc(F)cc32)cc1OC. The summed E-state index contributed by atoms with van der Waals surface area (Å²) in [4.78, 5) is 13.3. The number of urea groups is 1. The highest BCUT2D eigenvalue weighted by atomic mass is 32.2. The minimum Gasteiger partial charge on any atom is -0.493 e. The zero-order chi connectivity index (χ0) is 19.2. The van der Waals surface area contributed by atoms with E-state index in [4.69, 9.17) is 9.47 Å². The molecular weight excluding hydrogens is 367 g/mol. The molecule has 0 saturated carbocycles. The maximum Gasteiger partial charge on any atom is 0.315 e. The molecule has 2 aromatic carbocycles. The molecule has 0 saturated heterocycles. The normalized spacial score (nSPS) is 15.6. The number of hydrogen-bond donors (Lipinski definition) is 2. The van der Waals surface area contributed by atoms with Gasteiger partial charge in [-0.15, -0.1) is 11.8 Å². The first-order chi connectivity index (χ1) is 13.1. The van der Waals surface area contributed by atoms with Crippen LogP contribution in [0.15, 0.2) is 41.3 Å². The average molecular weight is 390 g/mol. The Hall–Kier alpha value is -2.41. The van der Waals surface area contributed by atoms with Crippen LogP contribution in [0.25, 0.3) is 0 Å². The summed E-state index contributed by atoms with van der Waals surface area (Å²) in [6, 6.07) is 10.0. The number of benzene rings is 2. The van der Waals surface area contributed by atoms with Crippen molar-refractivity contribution in [3.63, 3.8) is 0 Å². The maximum absolute atomic E-state index is 13.6. The third kappa shape index (κ3) is 4.86. The number of methoxy groups -OCH3 is 2. The number of fused-ring (bicyclic) bond motifs is 1. The fourth-order valence-electron chi connectivity index (χ4n) is 3.08. The summed E-state index contributed by atoms with van der Waals surface area (Å²) < 4.78 is 24.1. The molecule has 27 heavy (non-hydrogen) atoms. The van der Waals surface area contributed by atoms with E-state index in [2.05, 4.69) is 10.6 Å². The molecule has 0 radical (unpaired) electrons. The van der Waals surface area contributed by atoms with E-state index >= 15 is 0 Å². The first-order valence-corrected chi connectivity index (χ1v) is 9.77. The van der Waals surface area contributed by atoms with Crippen molar-refractivity contribution >= 4 is 17.8 Å². The third-order valence-electron chi connectivity index (χ3n) is 4.46. The Balaban J connectivity index is 1.53. The van der Waals surface area contributed by atoms with Crippen molar-refractivity contribution in [3.8, 4) is 11.5 Å². The zero-order valence-corrected chi connectivity index (χ0v) is 16.2. The molecule has 0 bridgehead atoms. The molecule has 1 atom stereocenters. The first kappa shape index (κ1) is 19.4. The molecule has 1 aliphatic heterocycles. The van der Waals surface area contributed by atoms with Crippen LogP contribution < -0.4 is 20.1 Å². The van der Waals surface area contributed by atoms with Gasteiger partial charge in [0.15, 0.2) is 11.5 Å². The summed E-state index contributed by atoms with van der Waals surface area (Å²) in [5.41, 5.74) is 1.88. The fourth-order valence-corrected chi connectivity index (χ4v) is 4.19.